The Balaban J connectivity index is 1.79. The molecular formula is C20H15N2PS. The van der Waals surface area contributed by atoms with Gasteiger partial charge < -0.3 is 0 Å². The van der Waals surface area contributed by atoms with Gasteiger partial charge in [-0.3, -0.25) is 0 Å². The standard InChI is InChI=1S/C20H15N2PS/c1-4-10-16(11-5-1)19-21-22-20(24-19)23(17-12-6-2-7-13-17)18-14-8-3-9-15-18/h1-15H. The molecule has 0 aliphatic heterocycles. The van der Waals surface area contributed by atoms with Crippen molar-refractivity contribution in [2.45, 2.75) is 0 Å². The lowest BCUT2D eigenvalue weighted by atomic mass is 10.2. The fraction of sp³-hybridized carbons (Fsp3) is 0. The van der Waals surface area contributed by atoms with E-state index >= 15 is 0 Å². The van der Waals surface area contributed by atoms with Gasteiger partial charge in [0.15, 0.2) is 0 Å². The Morgan fingerprint density at radius 2 is 1.08 bits per heavy atom. The van der Waals surface area contributed by atoms with Crippen LogP contribution in [0.2, 0.25) is 0 Å². The third-order valence-electron chi connectivity index (χ3n) is 3.66. The summed E-state index contributed by atoms with van der Waals surface area (Å²) in [6, 6.07) is 31.5. The minimum absolute atomic E-state index is 0.671. The highest BCUT2D eigenvalue weighted by atomic mass is 32.1. The molecule has 0 fully saturated rings. The molecule has 4 rings (SSSR count). The molecule has 0 N–H and O–H groups in total. The van der Waals surface area contributed by atoms with Crippen LogP contribution in [0.5, 0.6) is 0 Å². The van der Waals surface area contributed by atoms with Crippen molar-refractivity contribution in [1.29, 1.82) is 0 Å². The quantitative estimate of drug-likeness (QED) is 0.523. The SMILES string of the molecule is c1ccc(-c2nnc(P(c3ccccc3)c3ccccc3)s2)cc1. The molecule has 0 spiro atoms. The average Bonchev–Trinajstić information content (AvgIpc) is 3.14. The summed E-state index contributed by atoms with van der Waals surface area (Å²) in [6.07, 6.45) is 0. The first-order valence-electron chi connectivity index (χ1n) is 7.71. The Hall–Kier alpha value is -2.35. The molecule has 0 aliphatic rings. The summed E-state index contributed by atoms with van der Waals surface area (Å²) in [5.41, 5.74) is 1.12. The molecule has 0 amide bonds. The van der Waals surface area contributed by atoms with E-state index in [1.807, 2.05) is 18.2 Å². The molecule has 0 saturated carbocycles. The fourth-order valence-electron chi connectivity index (χ4n) is 2.53. The van der Waals surface area contributed by atoms with Crippen LogP contribution in [0.25, 0.3) is 10.6 Å². The van der Waals surface area contributed by atoms with Crippen LogP contribution in [0.4, 0.5) is 0 Å². The van der Waals surface area contributed by atoms with Crippen molar-refractivity contribution in [1.82, 2.24) is 10.2 Å². The molecule has 24 heavy (non-hydrogen) atoms. The van der Waals surface area contributed by atoms with Crippen molar-refractivity contribution in [3.05, 3.63) is 91.0 Å². The normalized spacial score (nSPS) is 10.9. The van der Waals surface area contributed by atoms with Crippen molar-refractivity contribution in [3.63, 3.8) is 0 Å². The molecule has 0 aliphatic carbocycles. The van der Waals surface area contributed by atoms with Crippen LogP contribution in [0.1, 0.15) is 0 Å². The van der Waals surface area contributed by atoms with Gasteiger partial charge in [-0.05, 0) is 10.6 Å². The Bertz CT molecular complexity index is 869. The second kappa shape index (κ2) is 7.04. The Kier molecular flexibility index (Phi) is 4.46. The predicted octanol–water partition coefficient (Wildman–Crippen LogP) is 3.96. The highest BCUT2D eigenvalue weighted by Gasteiger charge is 2.21. The first-order valence-corrected chi connectivity index (χ1v) is 9.87. The number of aromatic nitrogens is 2. The van der Waals surface area contributed by atoms with E-state index < -0.39 is 7.92 Å². The van der Waals surface area contributed by atoms with Gasteiger partial charge in [0.25, 0.3) is 0 Å². The van der Waals surface area contributed by atoms with Gasteiger partial charge in [-0.2, -0.15) is 0 Å². The monoisotopic (exact) mass is 346 g/mol. The Morgan fingerprint density at radius 3 is 1.62 bits per heavy atom. The smallest absolute Gasteiger partial charge is 0.138 e. The molecule has 4 aromatic rings. The third-order valence-corrected chi connectivity index (χ3v) is 7.35. The summed E-state index contributed by atoms with van der Waals surface area (Å²) in [4.78, 5) is 0. The fourth-order valence-corrected chi connectivity index (χ4v) is 6.19. The van der Waals surface area contributed by atoms with Gasteiger partial charge in [0.1, 0.15) is 9.76 Å². The van der Waals surface area contributed by atoms with Crippen LogP contribution in [0, 0.1) is 0 Å². The summed E-state index contributed by atoms with van der Waals surface area (Å²) in [6.45, 7) is 0. The van der Waals surface area contributed by atoms with Gasteiger partial charge in [-0.25, -0.2) is 0 Å². The number of hydrogen-bond donors (Lipinski definition) is 0. The lowest BCUT2D eigenvalue weighted by Gasteiger charge is -2.15. The molecule has 0 bridgehead atoms. The molecule has 0 saturated heterocycles. The second-order valence-electron chi connectivity index (χ2n) is 5.26. The molecule has 116 valence electrons. The molecule has 0 atom stereocenters. The zero-order valence-corrected chi connectivity index (χ0v) is 14.6. The lowest BCUT2D eigenvalue weighted by Crippen LogP contribution is -2.20. The summed E-state index contributed by atoms with van der Waals surface area (Å²) >= 11 is 1.69. The summed E-state index contributed by atoms with van der Waals surface area (Å²) in [5, 5.41) is 12.6. The van der Waals surface area contributed by atoms with Gasteiger partial charge in [0.05, 0.1) is 0 Å². The van der Waals surface area contributed by atoms with Crippen molar-refractivity contribution in [2.24, 2.45) is 0 Å². The van der Waals surface area contributed by atoms with Crippen molar-refractivity contribution < 1.29 is 0 Å². The van der Waals surface area contributed by atoms with Gasteiger partial charge >= 0.3 is 0 Å². The van der Waals surface area contributed by atoms with Crippen molar-refractivity contribution >= 4 is 34.6 Å². The van der Waals surface area contributed by atoms with E-state index in [1.54, 1.807) is 11.3 Å². The van der Waals surface area contributed by atoms with Crippen LogP contribution in [0.15, 0.2) is 91.0 Å². The maximum atomic E-state index is 4.54. The second-order valence-corrected chi connectivity index (χ2v) is 8.67. The van der Waals surface area contributed by atoms with Gasteiger partial charge in [0, 0.05) is 13.5 Å². The van der Waals surface area contributed by atoms with Crippen molar-refractivity contribution in [3.8, 4) is 10.6 Å². The van der Waals surface area contributed by atoms with E-state index in [9.17, 15) is 0 Å². The summed E-state index contributed by atoms with van der Waals surface area (Å²) in [5.74, 6) is 0. The molecule has 1 aromatic heterocycles. The largest absolute Gasteiger partial charge is 0.149 e. The number of nitrogens with zero attached hydrogens (tertiary/aromatic N) is 2. The van der Waals surface area contributed by atoms with E-state index in [4.69, 9.17) is 0 Å². The van der Waals surface area contributed by atoms with Crippen molar-refractivity contribution in [2.75, 3.05) is 0 Å². The van der Waals surface area contributed by atoms with E-state index in [2.05, 4.69) is 83.0 Å². The highest BCUT2D eigenvalue weighted by molar-refractivity contribution is 7.83. The zero-order valence-electron chi connectivity index (χ0n) is 12.9. The topological polar surface area (TPSA) is 25.8 Å². The molecule has 1 heterocycles. The summed E-state index contributed by atoms with van der Waals surface area (Å²) < 4.78 is 1.08. The van der Waals surface area contributed by atoms with E-state index in [-0.39, 0.29) is 0 Å². The Labute approximate surface area is 146 Å². The predicted molar refractivity (Wildman–Crippen MR) is 104 cm³/mol. The maximum Gasteiger partial charge on any atom is 0.149 e. The minimum Gasteiger partial charge on any atom is -0.138 e. The van der Waals surface area contributed by atoms with E-state index in [1.165, 1.54) is 10.6 Å². The van der Waals surface area contributed by atoms with Gasteiger partial charge in [-0.15, -0.1) is 10.2 Å². The molecular weight excluding hydrogens is 331 g/mol. The third kappa shape index (κ3) is 3.14. The van der Waals surface area contributed by atoms with Crippen LogP contribution in [-0.2, 0) is 0 Å². The van der Waals surface area contributed by atoms with E-state index in [0.717, 1.165) is 15.3 Å². The summed E-state index contributed by atoms with van der Waals surface area (Å²) in [7, 11) is -0.671. The number of rotatable bonds is 4. The molecule has 4 heteroatoms. The zero-order chi connectivity index (χ0) is 16.2. The average molecular weight is 346 g/mol. The number of hydrogen-bond acceptors (Lipinski definition) is 3. The van der Waals surface area contributed by atoms with Gasteiger partial charge in [-0.1, -0.05) is 102 Å². The van der Waals surface area contributed by atoms with Crippen LogP contribution in [-0.4, -0.2) is 10.2 Å². The molecule has 2 nitrogen and oxygen atoms in total. The lowest BCUT2D eigenvalue weighted by molar-refractivity contribution is 1.12. The molecule has 0 unspecified atom stereocenters. The molecule has 0 radical (unpaired) electrons. The number of benzene rings is 3. The van der Waals surface area contributed by atoms with Gasteiger partial charge in [0.2, 0.25) is 0 Å². The van der Waals surface area contributed by atoms with Crippen LogP contribution in [0.3, 0.4) is 0 Å². The van der Waals surface area contributed by atoms with Crippen LogP contribution < -0.4 is 15.4 Å². The first kappa shape index (κ1) is 15.2. The molecule has 3 aromatic carbocycles. The van der Waals surface area contributed by atoms with Crippen LogP contribution >= 0.6 is 19.3 Å². The highest BCUT2D eigenvalue weighted by Crippen LogP contribution is 2.35. The maximum absolute atomic E-state index is 4.54. The minimum atomic E-state index is -0.671. The Morgan fingerprint density at radius 1 is 0.583 bits per heavy atom. The first-order chi connectivity index (χ1) is 11.9. The van der Waals surface area contributed by atoms with E-state index in [0.29, 0.717) is 0 Å².